The number of nitrogens with one attached hydrogen (secondary N) is 1. The number of pyridine rings is 2. The number of rotatable bonds is 2. The maximum absolute atomic E-state index is 8.82. The van der Waals surface area contributed by atoms with Gasteiger partial charge in [-0.3, -0.25) is 4.98 Å². The van der Waals surface area contributed by atoms with Gasteiger partial charge in [-0.05, 0) is 24.3 Å². The van der Waals surface area contributed by atoms with Crippen molar-refractivity contribution in [2.45, 2.75) is 0 Å². The molecule has 90 valence electrons. The van der Waals surface area contributed by atoms with Crippen LogP contribution in [0.3, 0.4) is 0 Å². The number of nitrogens with zero attached hydrogens (tertiary/aromatic N) is 3. The fourth-order valence-corrected chi connectivity index (χ4v) is 1.85. The molecule has 4 nitrogen and oxygen atoms in total. The van der Waals surface area contributed by atoms with Crippen molar-refractivity contribution in [2.75, 3.05) is 5.32 Å². The van der Waals surface area contributed by atoms with Gasteiger partial charge in [0.15, 0.2) is 0 Å². The van der Waals surface area contributed by atoms with Crippen LogP contribution >= 0.6 is 0 Å². The molecule has 4 heteroatoms. The maximum atomic E-state index is 8.82. The Balaban J connectivity index is 1.94. The van der Waals surface area contributed by atoms with Gasteiger partial charge in [0, 0.05) is 5.39 Å². The van der Waals surface area contributed by atoms with E-state index in [4.69, 9.17) is 5.26 Å². The Kier molecular flexibility index (Phi) is 2.79. The van der Waals surface area contributed by atoms with Gasteiger partial charge in [-0.1, -0.05) is 24.3 Å². The Morgan fingerprint density at radius 2 is 1.95 bits per heavy atom. The van der Waals surface area contributed by atoms with Crippen LogP contribution in [0.5, 0.6) is 0 Å². The third-order valence-electron chi connectivity index (χ3n) is 2.73. The number of fused-ring (bicyclic) bond motifs is 1. The first-order chi connectivity index (χ1) is 9.35. The highest BCUT2D eigenvalue weighted by atomic mass is 15.0. The van der Waals surface area contributed by atoms with Gasteiger partial charge in [-0.2, -0.15) is 5.26 Å². The van der Waals surface area contributed by atoms with Crippen molar-refractivity contribution >= 4 is 22.4 Å². The van der Waals surface area contributed by atoms with E-state index in [1.54, 1.807) is 18.3 Å². The molecule has 1 aromatic carbocycles. The van der Waals surface area contributed by atoms with Crippen LogP contribution in [0.4, 0.5) is 11.5 Å². The molecule has 0 aliphatic rings. The molecule has 0 saturated carbocycles. The van der Waals surface area contributed by atoms with Crippen LogP contribution in [0.25, 0.3) is 10.9 Å². The zero-order chi connectivity index (χ0) is 13.1. The van der Waals surface area contributed by atoms with Crippen LogP contribution in [0.1, 0.15) is 5.69 Å². The fourth-order valence-electron chi connectivity index (χ4n) is 1.85. The van der Waals surface area contributed by atoms with Crippen molar-refractivity contribution in [3.8, 4) is 6.07 Å². The zero-order valence-corrected chi connectivity index (χ0v) is 10.0. The maximum Gasteiger partial charge on any atom is 0.142 e. The van der Waals surface area contributed by atoms with E-state index in [0.717, 1.165) is 16.6 Å². The number of nitriles is 1. The van der Waals surface area contributed by atoms with Gasteiger partial charge in [0.1, 0.15) is 17.6 Å². The molecule has 0 amide bonds. The Labute approximate surface area is 110 Å². The second-order valence-corrected chi connectivity index (χ2v) is 4.06. The van der Waals surface area contributed by atoms with Crippen LogP contribution in [0, 0.1) is 11.3 Å². The van der Waals surface area contributed by atoms with Gasteiger partial charge in [-0.15, -0.1) is 0 Å². The zero-order valence-electron chi connectivity index (χ0n) is 10.0. The molecule has 0 atom stereocenters. The summed E-state index contributed by atoms with van der Waals surface area (Å²) in [5.74, 6) is 0.635. The number of hydrogen-bond acceptors (Lipinski definition) is 4. The van der Waals surface area contributed by atoms with E-state index in [0.29, 0.717) is 11.5 Å². The molecule has 3 rings (SSSR count). The normalized spacial score (nSPS) is 10.1. The first-order valence-corrected chi connectivity index (χ1v) is 5.84. The Hall–Kier alpha value is -2.93. The second-order valence-electron chi connectivity index (χ2n) is 4.06. The summed E-state index contributed by atoms with van der Waals surface area (Å²) in [6.45, 7) is 0. The monoisotopic (exact) mass is 246 g/mol. The minimum Gasteiger partial charge on any atom is -0.339 e. The SMILES string of the molecule is N#Cc1cccc(Nc2cnc3ccccc3c2)n1. The summed E-state index contributed by atoms with van der Waals surface area (Å²) < 4.78 is 0. The third kappa shape index (κ3) is 2.35. The van der Waals surface area contributed by atoms with Crippen LogP contribution < -0.4 is 5.32 Å². The molecule has 2 heterocycles. The molecule has 2 aromatic heterocycles. The van der Waals surface area contributed by atoms with Crippen molar-refractivity contribution in [3.05, 3.63) is 60.4 Å². The molecule has 0 radical (unpaired) electrons. The summed E-state index contributed by atoms with van der Waals surface area (Å²) in [6.07, 6.45) is 1.75. The molecule has 0 aliphatic heterocycles. The number of hydrogen-bond donors (Lipinski definition) is 1. The predicted molar refractivity (Wildman–Crippen MR) is 74.0 cm³/mol. The average Bonchev–Trinajstić information content (AvgIpc) is 2.47. The summed E-state index contributed by atoms with van der Waals surface area (Å²) in [7, 11) is 0. The van der Waals surface area contributed by atoms with E-state index in [9.17, 15) is 0 Å². The Bertz CT molecular complexity index is 774. The standard InChI is InChI=1S/C15H10N4/c16-9-12-5-3-7-15(18-12)19-13-8-11-4-1-2-6-14(11)17-10-13/h1-8,10H,(H,18,19). The third-order valence-corrected chi connectivity index (χ3v) is 2.73. The molecule has 0 saturated heterocycles. The molecule has 0 aliphatic carbocycles. The Morgan fingerprint density at radius 3 is 2.84 bits per heavy atom. The highest BCUT2D eigenvalue weighted by molar-refractivity contribution is 5.82. The van der Waals surface area contributed by atoms with Crippen molar-refractivity contribution in [2.24, 2.45) is 0 Å². The highest BCUT2D eigenvalue weighted by Crippen LogP contribution is 2.19. The van der Waals surface area contributed by atoms with Crippen LogP contribution in [-0.4, -0.2) is 9.97 Å². The minimum absolute atomic E-state index is 0.388. The van der Waals surface area contributed by atoms with Gasteiger partial charge in [0.25, 0.3) is 0 Å². The highest BCUT2D eigenvalue weighted by Gasteiger charge is 2.00. The van der Waals surface area contributed by atoms with Crippen LogP contribution in [0.15, 0.2) is 54.7 Å². The lowest BCUT2D eigenvalue weighted by molar-refractivity contribution is 1.25. The molecule has 19 heavy (non-hydrogen) atoms. The smallest absolute Gasteiger partial charge is 0.142 e. The summed E-state index contributed by atoms with van der Waals surface area (Å²) in [6, 6.07) is 17.2. The quantitative estimate of drug-likeness (QED) is 0.754. The van der Waals surface area contributed by atoms with E-state index >= 15 is 0 Å². The number of anilines is 2. The largest absolute Gasteiger partial charge is 0.339 e. The lowest BCUT2D eigenvalue weighted by Crippen LogP contribution is -1.95. The van der Waals surface area contributed by atoms with E-state index in [1.807, 2.05) is 42.5 Å². The molecule has 0 unspecified atom stereocenters. The van der Waals surface area contributed by atoms with E-state index in [-0.39, 0.29) is 0 Å². The van der Waals surface area contributed by atoms with E-state index < -0.39 is 0 Å². The van der Waals surface area contributed by atoms with Crippen molar-refractivity contribution < 1.29 is 0 Å². The molecule has 0 spiro atoms. The van der Waals surface area contributed by atoms with Gasteiger partial charge >= 0.3 is 0 Å². The first-order valence-electron chi connectivity index (χ1n) is 5.84. The molecular weight excluding hydrogens is 236 g/mol. The summed E-state index contributed by atoms with van der Waals surface area (Å²) in [5, 5.41) is 13.0. The van der Waals surface area contributed by atoms with Crippen molar-refractivity contribution in [1.29, 1.82) is 5.26 Å². The number of benzene rings is 1. The Morgan fingerprint density at radius 1 is 1.05 bits per heavy atom. The molecule has 3 aromatic rings. The van der Waals surface area contributed by atoms with Crippen LogP contribution in [0.2, 0.25) is 0 Å². The lowest BCUT2D eigenvalue weighted by atomic mass is 10.2. The van der Waals surface area contributed by atoms with Crippen molar-refractivity contribution in [3.63, 3.8) is 0 Å². The fraction of sp³-hybridized carbons (Fsp3) is 0. The van der Waals surface area contributed by atoms with Gasteiger partial charge < -0.3 is 5.32 Å². The van der Waals surface area contributed by atoms with Gasteiger partial charge in [-0.25, -0.2) is 4.98 Å². The summed E-state index contributed by atoms with van der Waals surface area (Å²) >= 11 is 0. The topological polar surface area (TPSA) is 61.6 Å². The predicted octanol–water partition coefficient (Wildman–Crippen LogP) is 3.25. The van der Waals surface area contributed by atoms with Gasteiger partial charge in [0.05, 0.1) is 17.4 Å². The first kappa shape index (κ1) is 11.2. The van der Waals surface area contributed by atoms with E-state index in [1.165, 1.54) is 0 Å². The van der Waals surface area contributed by atoms with Crippen molar-refractivity contribution in [1.82, 2.24) is 9.97 Å². The van der Waals surface area contributed by atoms with Gasteiger partial charge in [0.2, 0.25) is 0 Å². The molecule has 0 bridgehead atoms. The van der Waals surface area contributed by atoms with E-state index in [2.05, 4.69) is 15.3 Å². The number of para-hydroxylation sites is 1. The number of aromatic nitrogens is 2. The second kappa shape index (κ2) is 4.75. The van der Waals surface area contributed by atoms with Crippen LogP contribution in [-0.2, 0) is 0 Å². The summed E-state index contributed by atoms with van der Waals surface area (Å²) in [4.78, 5) is 8.53. The summed E-state index contributed by atoms with van der Waals surface area (Å²) in [5.41, 5.74) is 2.19. The molecular formula is C15H10N4. The average molecular weight is 246 g/mol. The lowest BCUT2D eigenvalue weighted by Gasteiger charge is -2.06. The molecule has 1 N–H and O–H groups in total. The molecule has 0 fully saturated rings. The minimum atomic E-state index is 0.388.